The Balaban J connectivity index is 1.99. The van der Waals surface area contributed by atoms with Crippen molar-refractivity contribution in [2.24, 2.45) is 11.3 Å². The topological polar surface area (TPSA) is 137 Å². The van der Waals surface area contributed by atoms with Gasteiger partial charge in [-0.3, -0.25) is 24.4 Å². The highest BCUT2D eigenvalue weighted by molar-refractivity contribution is 5.94. The maximum Gasteiger partial charge on any atom is 0.251 e. The first-order valence-corrected chi connectivity index (χ1v) is 13.0. The zero-order valence-corrected chi connectivity index (χ0v) is 22.6. The van der Waals surface area contributed by atoms with Gasteiger partial charge in [0.15, 0.2) is 0 Å². The first-order valence-electron chi connectivity index (χ1n) is 13.0. The van der Waals surface area contributed by atoms with Gasteiger partial charge in [-0.15, -0.1) is 0 Å². The lowest BCUT2D eigenvalue weighted by molar-refractivity contribution is -0.142. The molecule has 0 saturated carbocycles. The molecule has 1 aromatic carbocycles. The maximum atomic E-state index is 13.5. The Morgan fingerprint density at radius 2 is 1.73 bits per heavy atom. The Kier molecular flexibility index (Phi) is 11.4. The molecule has 1 aliphatic rings. The smallest absolute Gasteiger partial charge is 0.251 e. The number of amides is 4. The highest BCUT2D eigenvalue weighted by Crippen LogP contribution is 2.25. The second-order valence-corrected chi connectivity index (χ2v) is 10.7. The SMILES string of the molecule is CCCC[C@@H](CC(=O)NO)C(=O)N[C@@H](C(=O)N1CCC(NC(=O)c2ccc(OC)cc2)CC1)C(C)(C)C. The standard InChI is InChI=1S/C27H42N4O6/c1-6-7-8-19(17-22(32)30-36)25(34)29-23(27(2,3)4)26(35)31-15-13-20(14-16-31)28-24(33)18-9-11-21(37-5)12-10-18/h9-12,19-20,23,36H,6-8,13-17H2,1-5H3,(H,28,33)(H,29,34)(H,30,32)/t19-,23-/m0/s1. The molecule has 0 spiro atoms. The van der Waals surface area contributed by atoms with Gasteiger partial charge in [0.2, 0.25) is 17.7 Å². The van der Waals surface area contributed by atoms with E-state index in [2.05, 4.69) is 10.6 Å². The van der Waals surface area contributed by atoms with Gasteiger partial charge in [-0.25, -0.2) is 5.48 Å². The van der Waals surface area contributed by atoms with Crippen molar-refractivity contribution in [3.8, 4) is 5.75 Å². The van der Waals surface area contributed by atoms with Gasteiger partial charge in [0.1, 0.15) is 11.8 Å². The van der Waals surface area contributed by atoms with Crippen molar-refractivity contribution in [3.05, 3.63) is 29.8 Å². The molecule has 1 saturated heterocycles. The summed E-state index contributed by atoms with van der Waals surface area (Å²) in [7, 11) is 1.57. The second-order valence-electron chi connectivity index (χ2n) is 10.7. The zero-order valence-electron chi connectivity index (χ0n) is 22.6. The lowest BCUT2D eigenvalue weighted by Crippen LogP contribution is -2.58. The predicted octanol–water partition coefficient (Wildman–Crippen LogP) is 2.65. The number of carbonyl (C=O) groups excluding carboxylic acids is 4. The predicted molar refractivity (Wildman–Crippen MR) is 139 cm³/mol. The van der Waals surface area contributed by atoms with Gasteiger partial charge in [-0.1, -0.05) is 40.5 Å². The summed E-state index contributed by atoms with van der Waals surface area (Å²) >= 11 is 0. The molecule has 4 N–H and O–H groups in total. The summed E-state index contributed by atoms with van der Waals surface area (Å²) in [6.45, 7) is 8.57. The summed E-state index contributed by atoms with van der Waals surface area (Å²) in [5, 5.41) is 14.8. The maximum absolute atomic E-state index is 13.5. The molecule has 1 fully saturated rings. The first-order chi connectivity index (χ1) is 17.5. The van der Waals surface area contributed by atoms with Crippen molar-refractivity contribution < 1.29 is 29.1 Å². The quantitative estimate of drug-likeness (QED) is 0.263. The van der Waals surface area contributed by atoms with E-state index < -0.39 is 23.3 Å². The number of nitrogens with zero attached hydrogens (tertiary/aromatic N) is 1. The molecule has 0 unspecified atom stereocenters. The van der Waals surface area contributed by atoms with E-state index in [1.165, 1.54) is 0 Å². The van der Waals surface area contributed by atoms with Crippen LogP contribution in [0.25, 0.3) is 0 Å². The molecule has 10 heteroatoms. The number of piperidine rings is 1. The first kappa shape index (κ1) is 30.1. The molecule has 37 heavy (non-hydrogen) atoms. The van der Waals surface area contributed by atoms with E-state index in [-0.39, 0.29) is 30.2 Å². The molecule has 0 bridgehead atoms. The van der Waals surface area contributed by atoms with E-state index >= 15 is 0 Å². The summed E-state index contributed by atoms with van der Waals surface area (Å²) in [6, 6.07) is 6.06. The van der Waals surface area contributed by atoms with Gasteiger partial charge in [-0.05, 0) is 48.9 Å². The van der Waals surface area contributed by atoms with Crippen LogP contribution in [0.1, 0.15) is 76.6 Å². The summed E-state index contributed by atoms with van der Waals surface area (Å²) in [6.07, 6.45) is 3.16. The number of likely N-dealkylation sites (tertiary alicyclic amines) is 1. The van der Waals surface area contributed by atoms with Crippen molar-refractivity contribution >= 4 is 23.6 Å². The fourth-order valence-electron chi connectivity index (χ4n) is 4.39. The van der Waals surface area contributed by atoms with E-state index in [9.17, 15) is 19.2 Å². The number of methoxy groups -OCH3 is 1. The van der Waals surface area contributed by atoms with Crippen LogP contribution in [-0.4, -0.2) is 66.0 Å². The van der Waals surface area contributed by atoms with Crippen LogP contribution in [0, 0.1) is 11.3 Å². The average molecular weight is 519 g/mol. The Bertz CT molecular complexity index is 920. The number of ether oxygens (including phenoxy) is 1. The Hall–Kier alpha value is -3.14. The van der Waals surface area contributed by atoms with Crippen molar-refractivity contribution in [2.45, 2.75) is 78.3 Å². The monoisotopic (exact) mass is 518 g/mol. The summed E-state index contributed by atoms with van der Waals surface area (Å²) in [5.41, 5.74) is 1.58. The van der Waals surface area contributed by atoms with Gasteiger partial charge in [0, 0.05) is 37.0 Å². The lowest BCUT2D eigenvalue weighted by Gasteiger charge is -2.39. The van der Waals surface area contributed by atoms with Crippen LogP contribution in [0.3, 0.4) is 0 Å². The molecule has 4 amide bonds. The van der Waals surface area contributed by atoms with E-state index in [0.717, 1.165) is 12.8 Å². The fraction of sp³-hybridized carbons (Fsp3) is 0.630. The third kappa shape index (κ3) is 9.03. The third-order valence-electron chi connectivity index (χ3n) is 6.73. The van der Waals surface area contributed by atoms with Crippen molar-refractivity contribution in [1.82, 2.24) is 21.0 Å². The summed E-state index contributed by atoms with van der Waals surface area (Å²) < 4.78 is 5.13. The van der Waals surface area contributed by atoms with Crippen LogP contribution in [-0.2, 0) is 14.4 Å². The number of hydrogen-bond acceptors (Lipinski definition) is 6. The minimum absolute atomic E-state index is 0.0586. The van der Waals surface area contributed by atoms with E-state index in [4.69, 9.17) is 9.94 Å². The summed E-state index contributed by atoms with van der Waals surface area (Å²) in [4.78, 5) is 52.7. The van der Waals surface area contributed by atoms with Crippen molar-refractivity contribution in [3.63, 3.8) is 0 Å². The molecule has 206 valence electrons. The van der Waals surface area contributed by atoms with E-state index in [1.807, 2.05) is 27.7 Å². The lowest BCUT2D eigenvalue weighted by atomic mass is 9.84. The Morgan fingerprint density at radius 1 is 1.11 bits per heavy atom. The number of benzene rings is 1. The van der Waals surface area contributed by atoms with Crippen molar-refractivity contribution in [1.29, 1.82) is 0 Å². The number of hydroxylamine groups is 1. The van der Waals surface area contributed by atoms with Gasteiger partial charge in [0.25, 0.3) is 5.91 Å². The Labute approximate surface area is 219 Å². The molecule has 0 aliphatic carbocycles. The molecular weight excluding hydrogens is 476 g/mol. The molecule has 0 aromatic heterocycles. The number of nitrogens with one attached hydrogen (secondary N) is 3. The van der Waals surface area contributed by atoms with Gasteiger partial charge >= 0.3 is 0 Å². The number of unbranched alkanes of at least 4 members (excludes halogenated alkanes) is 1. The molecule has 0 radical (unpaired) electrons. The molecule has 1 aliphatic heterocycles. The molecule has 1 heterocycles. The largest absolute Gasteiger partial charge is 0.497 e. The zero-order chi connectivity index (χ0) is 27.6. The third-order valence-corrected chi connectivity index (χ3v) is 6.73. The second kappa shape index (κ2) is 14.0. The minimum Gasteiger partial charge on any atom is -0.497 e. The minimum atomic E-state index is -0.772. The molecule has 2 rings (SSSR count). The average Bonchev–Trinajstić information content (AvgIpc) is 2.88. The van der Waals surface area contributed by atoms with Crippen molar-refractivity contribution in [2.75, 3.05) is 20.2 Å². The van der Waals surface area contributed by atoms with Crippen LogP contribution in [0.5, 0.6) is 5.75 Å². The molecular formula is C27H42N4O6. The number of hydrogen-bond donors (Lipinski definition) is 4. The van der Waals surface area contributed by atoms with Gasteiger partial charge in [-0.2, -0.15) is 0 Å². The van der Waals surface area contributed by atoms with E-state index in [1.54, 1.807) is 41.8 Å². The van der Waals surface area contributed by atoms with Crippen LogP contribution in [0.15, 0.2) is 24.3 Å². The van der Waals surface area contributed by atoms with Crippen LogP contribution >= 0.6 is 0 Å². The highest BCUT2D eigenvalue weighted by Gasteiger charge is 2.38. The Morgan fingerprint density at radius 3 is 2.24 bits per heavy atom. The fourth-order valence-corrected chi connectivity index (χ4v) is 4.39. The number of rotatable bonds is 11. The molecule has 2 atom stereocenters. The van der Waals surface area contributed by atoms with E-state index in [0.29, 0.717) is 43.7 Å². The normalized spacial score (nSPS) is 15.9. The molecule has 10 nitrogen and oxygen atoms in total. The number of carbonyl (C=O) groups is 4. The highest BCUT2D eigenvalue weighted by atomic mass is 16.5. The van der Waals surface area contributed by atoms with Crippen LogP contribution in [0.2, 0.25) is 0 Å². The van der Waals surface area contributed by atoms with Crippen LogP contribution in [0.4, 0.5) is 0 Å². The van der Waals surface area contributed by atoms with Gasteiger partial charge in [0.05, 0.1) is 7.11 Å². The van der Waals surface area contributed by atoms with Crippen LogP contribution < -0.4 is 20.9 Å². The van der Waals surface area contributed by atoms with Gasteiger partial charge < -0.3 is 20.3 Å². The summed E-state index contributed by atoms with van der Waals surface area (Å²) in [5.74, 6) is -1.31. The molecule has 1 aromatic rings.